The van der Waals surface area contributed by atoms with Gasteiger partial charge in [-0.05, 0) is 52.2 Å². The molecule has 2 aromatic carbocycles. The van der Waals surface area contributed by atoms with Gasteiger partial charge in [-0.25, -0.2) is 4.39 Å². The Bertz CT molecular complexity index is 582. The molecule has 0 radical (unpaired) electrons. The van der Waals surface area contributed by atoms with E-state index in [1.165, 1.54) is 12.1 Å². The fourth-order valence-corrected chi connectivity index (χ4v) is 2.89. The Labute approximate surface area is 116 Å². The lowest BCUT2D eigenvalue weighted by molar-refractivity contribution is 0.472. The van der Waals surface area contributed by atoms with Crippen LogP contribution >= 0.6 is 31.9 Å². The van der Waals surface area contributed by atoms with Crippen LogP contribution in [-0.2, 0) is 0 Å². The summed E-state index contributed by atoms with van der Waals surface area (Å²) in [4.78, 5) is 0. The van der Waals surface area contributed by atoms with Gasteiger partial charge in [0, 0.05) is 10.0 Å². The quantitative estimate of drug-likeness (QED) is 0.756. The minimum atomic E-state index is -0.297. The molecule has 0 bridgehead atoms. The van der Waals surface area contributed by atoms with Crippen molar-refractivity contribution in [3.8, 4) is 16.9 Å². The molecule has 0 atom stereocenters. The number of hydrogen-bond acceptors (Lipinski definition) is 1. The Kier molecular flexibility index (Phi) is 3.54. The van der Waals surface area contributed by atoms with Crippen LogP contribution in [0.25, 0.3) is 11.1 Å². The minimum Gasteiger partial charge on any atom is -0.507 e. The van der Waals surface area contributed by atoms with Crippen LogP contribution in [0.2, 0.25) is 0 Å². The van der Waals surface area contributed by atoms with Crippen molar-refractivity contribution in [1.29, 1.82) is 0 Å². The molecule has 0 amide bonds. The zero-order valence-electron chi connectivity index (χ0n) is 8.97. The van der Waals surface area contributed by atoms with E-state index in [9.17, 15) is 9.50 Å². The molecule has 0 aliphatic carbocycles. The molecule has 1 N–H and O–H groups in total. The molecule has 0 aliphatic heterocycles. The second-order valence-corrected chi connectivity index (χ2v) is 5.36. The van der Waals surface area contributed by atoms with Gasteiger partial charge in [-0.15, -0.1) is 0 Å². The third-order valence-electron chi connectivity index (χ3n) is 2.53. The predicted molar refractivity (Wildman–Crippen MR) is 73.6 cm³/mol. The predicted octanol–water partition coefficient (Wildman–Crippen LogP) is 5.03. The number of phenols is 1. The molecule has 17 heavy (non-hydrogen) atoms. The van der Waals surface area contributed by atoms with Crippen LogP contribution in [0.1, 0.15) is 5.56 Å². The maximum absolute atomic E-state index is 13.1. The van der Waals surface area contributed by atoms with Crippen LogP contribution in [0.5, 0.6) is 5.75 Å². The van der Waals surface area contributed by atoms with Gasteiger partial charge in [-0.2, -0.15) is 0 Å². The molecule has 4 heteroatoms. The van der Waals surface area contributed by atoms with Crippen molar-refractivity contribution in [2.24, 2.45) is 0 Å². The van der Waals surface area contributed by atoms with Gasteiger partial charge in [0.05, 0.1) is 4.47 Å². The summed E-state index contributed by atoms with van der Waals surface area (Å²) >= 11 is 6.69. The highest BCUT2D eigenvalue weighted by Gasteiger charge is 2.13. The summed E-state index contributed by atoms with van der Waals surface area (Å²) in [6, 6.07) is 7.94. The van der Waals surface area contributed by atoms with Crippen molar-refractivity contribution >= 4 is 31.9 Å². The number of halogens is 3. The van der Waals surface area contributed by atoms with Crippen LogP contribution in [-0.4, -0.2) is 5.11 Å². The van der Waals surface area contributed by atoms with E-state index in [1.54, 1.807) is 12.1 Å². The van der Waals surface area contributed by atoms with E-state index in [-0.39, 0.29) is 11.6 Å². The molecule has 0 saturated carbocycles. The minimum absolute atomic E-state index is 0.168. The van der Waals surface area contributed by atoms with E-state index in [0.717, 1.165) is 16.7 Å². The smallest absolute Gasteiger partial charge is 0.130 e. The van der Waals surface area contributed by atoms with Gasteiger partial charge in [-0.1, -0.05) is 28.1 Å². The largest absolute Gasteiger partial charge is 0.507 e. The fourth-order valence-electron chi connectivity index (χ4n) is 1.68. The maximum atomic E-state index is 13.1. The second kappa shape index (κ2) is 4.78. The molecule has 2 rings (SSSR count). The van der Waals surface area contributed by atoms with Crippen LogP contribution in [0.15, 0.2) is 39.3 Å². The highest BCUT2D eigenvalue weighted by atomic mass is 79.9. The first-order chi connectivity index (χ1) is 8.00. The van der Waals surface area contributed by atoms with E-state index >= 15 is 0 Å². The summed E-state index contributed by atoms with van der Waals surface area (Å²) in [6.07, 6.45) is 0. The molecule has 0 unspecified atom stereocenters. The van der Waals surface area contributed by atoms with E-state index in [0.29, 0.717) is 8.95 Å². The lowest BCUT2D eigenvalue weighted by Gasteiger charge is -2.12. The SMILES string of the molecule is Cc1ccc(O)c(Br)c1-c1ccc(F)cc1Br. The van der Waals surface area contributed by atoms with Gasteiger partial charge in [0.25, 0.3) is 0 Å². The lowest BCUT2D eigenvalue weighted by Crippen LogP contribution is -1.88. The summed E-state index contributed by atoms with van der Waals surface area (Å²) in [6.45, 7) is 1.94. The third kappa shape index (κ3) is 2.38. The number of rotatable bonds is 1. The standard InChI is InChI=1S/C13H9Br2FO/c1-7-2-5-11(17)13(15)12(7)9-4-3-8(16)6-10(9)14/h2-6,17H,1H3. The van der Waals surface area contributed by atoms with E-state index in [1.807, 2.05) is 13.0 Å². The number of aromatic hydroxyl groups is 1. The van der Waals surface area contributed by atoms with Crippen molar-refractivity contribution in [1.82, 2.24) is 0 Å². The molecule has 88 valence electrons. The summed E-state index contributed by atoms with van der Waals surface area (Å²) in [7, 11) is 0. The Morgan fingerprint density at radius 2 is 1.82 bits per heavy atom. The number of aryl methyl sites for hydroxylation is 1. The fraction of sp³-hybridized carbons (Fsp3) is 0.0769. The molecule has 0 fully saturated rings. The zero-order chi connectivity index (χ0) is 12.6. The highest BCUT2D eigenvalue weighted by Crippen LogP contribution is 2.40. The van der Waals surface area contributed by atoms with E-state index in [2.05, 4.69) is 31.9 Å². The average Bonchev–Trinajstić information content (AvgIpc) is 2.27. The van der Waals surface area contributed by atoms with Gasteiger partial charge < -0.3 is 5.11 Å². The Hall–Kier alpha value is -0.870. The maximum Gasteiger partial charge on any atom is 0.130 e. The summed E-state index contributed by atoms with van der Waals surface area (Å²) in [5.41, 5.74) is 2.70. The molecule has 0 saturated heterocycles. The Balaban J connectivity index is 2.72. The van der Waals surface area contributed by atoms with Crippen LogP contribution in [0.3, 0.4) is 0 Å². The zero-order valence-corrected chi connectivity index (χ0v) is 12.1. The Morgan fingerprint density at radius 3 is 2.47 bits per heavy atom. The van der Waals surface area contributed by atoms with Gasteiger partial charge >= 0.3 is 0 Å². The second-order valence-electron chi connectivity index (χ2n) is 3.71. The van der Waals surface area contributed by atoms with Gasteiger partial charge in [0.15, 0.2) is 0 Å². The lowest BCUT2D eigenvalue weighted by atomic mass is 10.0. The van der Waals surface area contributed by atoms with Crippen molar-refractivity contribution in [2.75, 3.05) is 0 Å². The third-order valence-corrected chi connectivity index (χ3v) is 3.99. The normalized spacial score (nSPS) is 10.6. The molecule has 1 nitrogen and oxygen atoms in total. The summed E-state index contributed by atoms with van der Waals surface area (Å²) in [5, 5.41) is 9.70. The van der Waals surface area contributed by atoms with Crippen LogP contribution < -0.4 is 0 Å². The molecule has 0 spiro atoms. The van der Waals surface area contributed by atoms with Crippen molar-refractivity contribution in [3.05, 3.63) is 50.7 Å². The van der Waals surface area contributed by atoms with Crippen molar-refractivity contribution < 1.29 is 9.50 Å². The number of hydrogen-bond donors (Lipinski definition) is 1. The topological polar surface area (TPSA) is 20.2 Å². The Morgan fingerprint density at radius 1 is 1.12 bits per heavy atom. The summed E-state index contributed by atoms with van der Waals surface area (Å²) < 4.78 is 14.3. The highest BCUT2D eigenvalue weighted by molar-refractivity contribution is 9.11. The van der Waals surface area contributed by atoms with E-state index in [4.69, 9.17) is 0 Å². The number of benzene rings is 2. The number of phenolic OH excluding ortho intramolecular Hbond substituents is 1. The van der Waals surface area contributed by atoms with E-state index < -0.39 is 0 Å². The van der Waals surface area contributed by atoms with Gasteiger partial charge in [0.1, 0.15) is 11.6 Å². The first kappa shape index (κ1) is 12.6. The first-order valence-electron chi connectivity index (χ1n) is 4.94. The van der Waals surface area contributed by atoms with Crippen molar-refractivity contribution in [2.45, 2.75) is 6.92 Å². The van der Waals surface area contributed by atoms with Crippen LogP contribution in [0, 0.1) is 12.7 Å². The monoisotopic (exact) mass is 358 g/mol. The molecule has 0 aliphatic rings. The summed E-state index contributed by atoms with van der Waals surface area (Å²) in [5.74, 6) is -0.128. The molecule has 2 aromatic rings. The van der Waals surface area contributed by atoms with Gasteiger partial charge in [0.2, 0.25) is 0 Å². The molecular formula is C13H9Br2FO. The van der Waals surface area contributed by atoms with Gasteiger partial charge in [-0.3, -0.25) is 0 Å². The first-order valence-corrected chi connectivity index (χ1v) is 6.53. The molecule has 0 aromatic heterocycles. The molecular weight excluding hydrogens is 351 g/mol. The van der Waals surface area contributed by atoms with Crippen LogP contribution in [0.4, 0.5) is 4.39 Å². The average molecular weight is 360 g/mol. The molecule has 0 heterocycles. The van der Waals surface area contributed by atoms with Crippen molar-refractivity contribution in [3.63, 3.8) is 0 Å².